The predicted octanol–water partition coefficient (Wildman–Crippen LogP) is 1.60. The summed E-state index contributed by atoms with van der Waals surface area (Å²) in [5.41, 5.74) is 1.72. The van der Waals surface area contributed by atoms with Gasteiger partial charge in [-0.05, 0) is 30.5 Å². The molecule has 0 aliphatic heterocycles. The normalized spacial score (nSPS) is 11.6. The number of rotatable bonds is 7. The van der Waals surface area contributed by atoms with E-state index in [4.69, 9.17) is 5.11 Å². The smallest absolute Gasteiger partial charge is 0.396 e. The highest BCUT2D eigenvalue weighted by molar-refractivity contribution is 6.39. The van der Waals surface area contributed by atoms with Gasteiger partial charge in [-0.25, -0.2) is 4.79 Å². The first-order chi connectivity index (χ1) is 14.1. The molecule has 2 amide bonds. The van der Waals surface area contributed by atoms with E-state index in [0.29, 0.717) is 24.1 Å². The predicted molar refractivity (Wildman–Crippen MR) is 105 cm³/mol. The zero-order valence-corrected chi connectivity index (χ0v) is 15.4. The van der Waals surface area contributed by atoms with Crippen LogP contribution in [0, 0.1) is 0 Å². The maximum absolute atomic E-state index is 12.4. The molecule has 9 nitrogen and oxygen atoms in total. The molecule has 3 rings (SSSR count). The van der Waals surface area contributed by atoms with E-state index in [1.165, 1.54) is 0 Å². The lowest BCUT2D eigenvalue weighted by Gasteiger charge is -2.18. The zero-order chi connectivity index (χ0) is 20.6. The summed E-state index contributed by atoms with van der Waals surface area (Å²) in [7, 11) is 0. The average molecular weight is 396 g/mol. The van der Waals surface area contributed by atoms with E-state index in [1.807, 2.05) is 30.3 Å². The van der Waals surface area contributed by atoms with Crippen molar-refractivity contribution in [3.8, 4) is 11.4 Å². The third kappa shape index (κ3) is 5.39. The fourth-order valence-corrected chi connectivity index (χ4v) is 2.81. The maximum Gasteiger partial charge on any atom is 0.439 e. The molecular formula is C20H20N4O5. The Kier molecular flexibility index (Phi) is 6.54. The number of carbonyl (C=O) groups is 2. The van der Waals surface area contributed by atoms with Gasteiger partial charge >= 0.3 is 17.6 Å². The number of anilines is 1. The Labute approximate surface area is 165 Å². The van der Waals surface area contributed by atoms with Gasteiger partial charge in [0.2, 0.25) is 0 Å². The van der Waals surface area contributed by atoms with Crippen molar-refractivity contribution in [1.29, 1.82) is 0 Å². The topological polar surface area (TPSA) is 137 Å². The van der Waals surface area contributed by atoms with Crippen molar-refractivity contribution in [2.75, 3.05) is 11.9 Å². The van der Waals surface area contributed by atoms with Gasteiger partial charge in [-0.2, -0.15) is 0 Å². The van der Waals surface area contributed by atoms with Crippen LogP contribution in [0.5, 0.6) is 0 Å². The lowest BCUT2D eigenvalue weighted by atomic mass is 10.0. The van der Waals surface area contributed by atoms with E-state index in [1.54, 1.807) is 24.3 Å². The third-order valence-electron chi connectivity index (χ3n) is 4.20. The molecular weight excluding hydrogens is 376 g/mol. The van der Waals surface area contributed by atoms with Crippen molar-refractivity contribution in [3.05, 3.63) is 70.7 Å². The Morgan fingerprint density at radius 2 is 1.90 bits per heavy atom. The Morgan fingerprint density at radius 1 is 1.10 bits per heavy atom. The minimum absolute atomic E-state index is 0.0116. The van der Waals surface area contributed by atoms with Gasteiger partial charge in [0.15, 0.2) is 5.82 Å². The summed E-state index contributed by atoms with van der Waals surface area (Å²) in [5.74, 6) is -2.11. The molecule has 0 saturated carbocycles. The molecule has 4 N–H and O–H groups in total. The van der Waals surface area contributed by atoms with Gasteiger partial charge in [-0.3, -0.25) is 19.1 Å². The van der Waals surface area contributed by atoms with Crippen LogP contribution in [0.1, 0.15) is 24.4 Å². The lowest BCUT2D eigenvalue weighted by Crippen LogP contribution is -2.38. The van der Waals surface area contributed by atoms with Gasteiger partial charge in [0.25, 0.3) is 0 Å². The monoisotopic (exact) mass is 396 g/mol. The van der Waals surface area contributed by atoms with Gasteiger partial charge in [0.1, 0.15) is 0 Å². The molecule has 0 saturated heterocycles. The molecule has 0 aliphatic carbocycles. The van der Waals surface area contributed by atoms with E-state index in [9.17, 15) is 14.4 Å². The molecule has 0 spiro atoms. The van der Waals surface area contributed by atoms with Crippen molar-refractivity contribution >= 4 is 17.5 Å². The number of benzene rings is 2. The van der Waals surface area contributed by atoms with Crippen molar-refractivity contribution in [1.82, 2.24) is 15.5 Å². The maximum atomic E-state index is 12.4. The highest BCUT2D eigenvalue weighted by atomic mass is 16.5. The molecule has 29 heavy (non-hydrogen) atoms. The number of hydrogen-bond acceptors (Lipinski definition) is 6. The Morgan fingerprint density at radius 3 is 2.59 bits per heavy atom. The molecule has 1 heterocycles. The second-order valence-electron chi connectivity index (χ2n) is 6.28. The standard InChI is InChI=1S/C20H20N4O5/c25-11-5-10-16(13-6-2-1-3-7-13)22-19(27)18(26)21-15-9-4-8-14(12-15)17-23-20(28)29-24-17/h1-4,6-9,12,16,25H,5,10-11H2,(H,21,26)(H,22,27)(H,23,24,28)/t16-/m0/s1. The quantitative estimate of drug-likeness (QED) is 0.448. The largest absolute Gasteiger partial charge is 0.439 e. The number of carbonyl (C=O) groups excluding carboxylic acids is 2. The number of nitrogens with one attached hydrogen (secondary N) is 3. The van der Waals surface area contributed by atoms with Crippen LogP contribution in [-0.2, 0) is 9.59 Å². The number of aromatic amines is 1. The SMILES string of the molecule is O=C(Nc1cccc(-c2noc(=O)[nH]2)c1)C(=O)N[C@@H](CCCO)c1ccccc1. The molecule has 9 heteroatoms. The van der Waals surface area contributed by atoms with E-state index >= 15 is 0 Å². The molecule has 3 aromatic rings. The van der Waals surface area contributed by atoms with Gasteiger partial charge in [0, 0.05) is 17.9 Å². The average Bonchev–Trinajstić information content (AvgIpc) is 3.18. The lowest BCUT2D eigenvalue weighted by molar-refractivity contribution is -0.136. The number of aliphatic hydroxyl groups is 1. The first-order valence-electron chi connectivity index (χ1n) is 9.01. The second kappa shape index (κ2) is 9.47. The molecule has 0 aliphatic rings. The highest BCUT2D eigenvalue weighted by Crippen LogP contribution is 2.20. The fourth-order valence-electron chi connectivity index (χ4n) is 2.81. The first kappa shape index (κ1) is 20.0. The molecule has 0 bridgehead atoms. The third-order valence-corrected chi connectivity index (χ3v) is 4.20. The van der Waals surface area contributed by atoms with Crippen LogP contribution in [0.3, 0.4) is 0 Å². The van der Waals surface area contributed by atoms with Crippen molar-refractivity contribution in [2.24, 2.45) is 0 Å². The van der Waals surface area contributed by atoms with Crippen LogP contribution >= 0.6 is 0 Å². The summed E-state index contributed by atoms with van der Waals surface area (Å²) in [6, 6.07) is 15.3. The van der Waals surface area contributed by atoms with Gasteiger partial charge in [0.05, 0.1) is 6.04 Å². The first-order valence-corrected chi connectivity index (χ1v) is 9.01. The molecule has 0 fully saturated rings. The molecule has 1 atom stereocenters. The molecule has 0 unspecified atom stereocenters. The van der Waals surface area contributed by atoms with E-state index in [2.05, 4.69) is 25.3 Å². The fraction of sp³-hybridized carbons (Fsp3) is 0.200. The summed E-state index contributed by atoms with van der Waals surface area (Å²) >= 11 is 0. The number of aliphatic hydroxyl groups excluding tert-OH is 1. The molecule has 1 aromatic heterocycles. The number of amides is 2. The molecule has 0 radical (unpaired) electrons. The molecule has 150 valence electrons. The van der Waals surface area contributed by atoms with Crippen molar-refractivity contribution in [3.63, 3.8) is 0 Å². The Bertz CT molecular complexity index is 1030. The Balaban J connectivity index is 1.68. The number of H-pyrrole nitrogens is 1. The number of nitrogens with zero attached hydrogens (tertiary/aromatic N) is 1. The van der Waals surface area contributed by atoms with Crippen molar-refractivity contribution in [2.45, 2.75) is 18.9 Å². The number of aromatic nitrogens is 2. The van der Waals surface area contributed by atoms with Crippen LogP contribution in [0.4, 0.5) is 5.69 Å². The van der Waals surface area contributed by atoms with Crippen LogP contribution in [-0.4, -0.2) is 33.7 Å². The number of hydrogen-bond donors (Lipinski definition) is 4. The summed E-state index contributed by atoms with van der Waals surface area (Å²) in [6.45, 7) is -0.0116. The summed E-state index contributed by atoms with van der Waals surface area (Å²) in [6.07, 6.45) is 0.980. The van der Waals surface area contributed by atoms with E-state index in [-0.39, 0.29) is 12.4 Å². The van der Waals surface area contributed by atoms with Crippen LogP contribution in [0.2, 0.25) is 0 Å². The van der Waals surface area contributed by atoms with Crippen LogP contribution in [0.15, 0.2) is 63.9 Å². The zero-order valence-electron chi connectivity index (χ0n) is 15.4. The highest BCUT2D eigenvalue weighted by Gasteiger charge is 2.20. The van der Waals surface area contributed by atoms with Gasteiger partial charge < -0.3 is 15.7 Å². The van der Waals surface area contributed by atoms with E-state index < -0.39 is 23.6 Å². The van der Waals surface area contributed by atoms with E-state index in [0.717, 1.165) is 5.56 Å². The summed E-state index contributed by atoms with van der Waals surface area (Å²) in [5, 5.41) is 17.9. The minimum Gasteiger partial charge on any atom is -0.396 e. The summed E-state index contributed by atoms with van der Waals surface area (Å²) in [4.78, 5) is 38.2. The minimum atomic E-state index is -0.833. The Hall–Kier alpha value is -3.72. The van der Waals surface area contributed by atoms with Crippen molar-refractivity contribution < 1.29 is 19.2 Å². The molecule has 2 aromatic carbocycles. The van der Waals surface area contributed by atoms with Crippen LogP contribution < -0.4 is 16.4 Å². The van der Waals surface area contributed by atoms with Gasteiger partial charge in [-0.1, -0.05) is 47.6 Å². The second-order valence-corrected chi connectivity index (χ2v) is 6.28. The van der Waals surface area contributed by atoms with Crippen LogP contribution in [0.25, 0.3) is 11.4 Å². The van der Waals surface area contributed by atoms with Gasteiger partial charge in [-0.15, -0.1) is 0 Å². The summed E-state index contributed by atoms with van der Waals surface area (Å²) < 4.78 is 4.47.